The molecule has 0 spiro atoms. The van der Waals surface area contributed by atoms with Gasteiger partial charge in [-0.3, -0.25) is 0 Å². The molecule has 6 nitrogen and oxygen atoms in total. The number of hydrogen-bond acceptors (Lipinski definition) is 5. The molecule has 0 amide bonds. The van der Waals surface area contributed by atoms with Crippen LogP contribution >= 0.6 is 0 Å². The molecule has 1 N–H and O–H groups in total. The van der Waals surface area contributed by atoms with Crippen molar-refractivity contribution in [2.24, 2.45) is 7.05 Å². The van der Waals surface area contributed by atoms with Gasteiger partial charge >= 0.3 is 0 Å². The molecular formula is C12H17N5O. The van der Waals surface area contributed by atoms with E-state index in [9.17, 15) is 0 Å². The molecule has 1 fully saturated rings. The number of nitrogens with zero attached hydrogens (tertiary/aromatic N) is 4. The molecule has 0 aliphatic carbocycles. The maximum atomic E-state index is 5.39. The fourth-order valence-corrected chi connectivity index (χ4v) is 2.43. The summed E-state index contributed by atoms with van der Waals surface area (Å²) in [6.45, 7) is 3.19. The first kappa shape index (κ1) is 11.4. The third kappa shape index (κ3) is 2.03. The van der Waals surface area contributed by atoms with Crippen molar-refractivity contribution in [3.8, 4) is 11.6 Å². The van der Waals surface area contributed by atoms with E-state index in [0.29, 0.717) is 17.8 Å². The Balaban J connectivity index is 1.83. The zero-order valence-electron chi connectivity index (χ0n) is 10.6. The molecular weight excluding hydrogens is 230 g/mol. The molecule has 3 heterocycles. The maximum Gasteiger partial charge on any atom is 0.238 e. The zero-order valence-corrected chi connectivity index (χ0v) is 10.6. The van der Waals surface area contributed by atoms with Gasteiger partial charge in [-0.05, 0) is 26.3 Å². The number of rotatable bonds is 2. The Morgan fingerprint density at radius 3 is 3.11 bits per heavy atom. The van der Waals surface area contributed by atoms with Crippen LogP contribution < -0.4 is 5.32 Å². The first-order chi connectivity index (χ1) is 8.74. The highest BCUT2D eigenvalue weighted by atomic mass is 16.5. The van der Waals surface area contributed by atoms with E-state index in [1.807, 2.05) is 17.8 Å². The summed E-state index contributed by atoms with van der Waals surface area (Å²) in [7, 11) is 1.92. The molecule has 18 heavy (non-hydrogen) atoms. The van der Waals surface area contributed by atoms with E-state index >= 15 is 0 Å². The number of aryl methyl sites for hydroxylation is 1. The molecule has 0 saturated carbocycles. The summed E-state index contributed by atoms with van der Waals surface area (Å²) in [4.78, 5) is 8.71. The van der Waals surface area contributed by atoms with Gasteiger partial charge < -0.3 is 14.4 Å². The van der Waals surface area contributed by atoms with Crippen molar-refractivity contribution in [2.75, 3.05) is 6.54 Å². The number of aromatic nitrogens is 4. The zero-order chi connectivity index (χ0) is 12.5. The SMILES string of the molecule is CC1CC(c2nc(-c3nccn3C)no2)CCN1. The second-order valence-electron chi connectivity index (χ2n) is 4.89. The minimum atomic E-state index is 0.364. The standard InChI is InChI=1S/C12H17N5O/c1-8-7-9(3-4-13-8)12-15-10(16-18-12)11-14-5-6-17(11)2/h5-6,8-9,13H,3-4,7H2,1-2H3. The van der Waals surface area contributed by atoms with Gasteiger partial charge in [0.05, 0.1) is 0 Å². The largest absolute Gasteiger partial charge is 0.339 e. The Hall–Kier alpha value is -1.69. The van der Waals surface area contributed by atoms with Gasteiger partial charge in [0.1, 0.15) is 0 Å². The first-order valence-corrected chi connectivity index (χ1v) is 6.28. The highest BCUT2D eigenvalue weighted by Crippen LogP contribution is 2.27. The third-order valence-electron chi connectivity index (χ3n) is 3.44. The van der Waals surface area contributed by atoms with Gasteiger partial charge in [0.2, 0.25) is 11.7 Å². The summed E-state index contributed by atoms with van der Waals surface area (Å²) >= 11 is 0. The summed E-state index contributed by atoms with van der Waals surface area (Å²) in [5.74, 6) is 2.42. The van der Waals surface area contributed by atoms with Crippen molar-refractivity contribution in [2.45, 2.75) is 31.7 Å². The van der Waals surface area contributed by atoms with E-state index in [-0.39, 0.29) is 0 Å². The molecule has 1 saturated heterocycles. The van der Waals surface area contributed by atoms with Gasteiger partial charge in [-0.15, -0.1) is 0 Å². The van der Waals surface area contributed by atoms with Crippen molar-refractivity contribution in [3.63, 3.8) is 0 Å². The molecule has 1 aliphatic heterocycles. The lowest BCUT2D eigenvalue weighted by Gasteiger charge is -2.25. The van der Waals surface area contributed by atoms with Crippen LogP contribution in [0, 0.1) is 0 Å². The minimum absolute atomic E-state index is 0.364. The Labute approximate surface area is 105 Å². The van der Waals surface area contributed by atoms with Crippen molar-refractivity contribution >= 4 is 0 Å². The van der Waals surface area contributed by atoms with E-state index in [0.717, 1.165) is 31.1 Å². The predicted octanol–water partition coefficient (Wildman–Crippen LogP) is 1.33. The van der Waals surface area contributed by atoms with Crippen LogP contribution in [0.3, 0.4) is 0 Å². The monoisotopic (exact) mass is 247 g/mol. The average molecular weight is 247 g/mol. The molecule has 1 aliphatic rings. The summed E-state index contributed by atoms with van der Waals surface area (Å²) in [5.41, 5.74) is 0. The normalized spacial score (nSPS) is 24.3. The van der Waals surface area contributed by atoms with Crippen molar-refractivity contribution in [1.82, 2.24) is 25.0 Å². The van der Waals surface area contributed by atoms with Crippen LogP contribution in [-0.2, 0) is 7.05 Å². The van der Waals surface area contributed by atoms with Crippen molar-refractivity contribution in [3.05, 3.63) is 18.3 Å². The lowest BCUT2D eigenvalue weighted by atomic mass is 9.93. The van der Waals surface area contributed by atoms with Crippen LogP contribution in [0.1, 0.15) is 31.6 Å². The molecule has 0 bridgehead atoms. The van der Waals surface area contributed by atoms with Gasteiger partial charge in [0, 0.05) is 31.4 Å². The van der Waals surface area contributed by atoms with Gasteiger partial charge in [0.25, 0.3) is 0 Å². The molecule has 2 aromatic rings. The molecule has 2 aromatic heterocycles. The second-order valence-corrected chi connectivity index (χ2v) is 4.89. The summed E-state index contributed by atoms with van der Waals surface area (Å²) in [6.07, 6.45) is 5.70. The molecule has 0 aromatic carbocycles. The van der Waals surface area contributed by atoms with Gasteiger partial charge in [0.15, 0.2) is 5.82 Å². The fraction of sp³-hybridized carbons (Fsp3) is 0.583. The van der Waals surface area contributed by atoms with Crippen molar-refractivity contribution in [1.29, 1.82) is 0 Å². The van der Waals surface area contributed by atoms with Crippen LogP contribution in [0.5, 0.6) is 0 Å². The maximum absolute atomic E-state index is 5.39. The smallest absolute Gasteiger partial charge is 0.238 e. The summed E-state index contributed by atoms with van der Waals surface area (Å²) < 4.78 is 7.28. The Bertz CT molecular complexity index is 532. The lowest BCUT2D eigenvalue weighted by molar-refractivity contribution is 0.295. The number of hydrogen-bond donors (Lipinski definition) is 1. The Kier molecular flexibility index (Phi) is 2.87. The highest BCUT2D eigenvalue weighted by Gasteiger charge is 2.25. The van der Waals surface area contributed by atoms with Crippen LogP contribution in [0.25, 0.3) is 11.6 Å². The second kappa shape index (κ2) is 4.53. The summed E-state index contributed by atoms with van der Waals surface area (Å²) in [5, 5.41) is 7.45. The van der Waals surface area contributed by atoms with Gasteiger partial charge in [-0.2, -0.15) is 4.98 Å². The number of piperidine rings is 1. The minimum Gasteiger partial charge on any atom is -0.339 e. The molecule has 2 unspecified atom stereocenters. The van der Waals surface area contributed by atoms with Crippen LogP contribution in [0.4, 0.5) is 0 Å². The molecule has 0 radical (unpaired) electrons. The third-order valence-corrected chi connectivity index (χ3v) is 3.44. The number of imidazole rings is 1. The quantitative estimate of drug-likeness (QED) is 0.867. The molecule has 96 valence electrons. The van der Waals surface area contributed by atoms with Crippen LogP contribution in [0.2, 0.25) is 0 Å². The fourth-order valence-electron chi connectivity index (χ4n) is 2.43. The van der Waals surface area contributed by atoms with E-state index in [4.69, 9.17) is 4.52 Å². The average Bonchev–Trinajstić information content (AvgIpc) is 2.97. The van der Waals surface area contributed by atoms with E-state index in [1.54, 1.807) is 6.20 Å². The van der Waals surface area contributed by atoms with Crippen molar-refractivity contribution < 1.29 is 4.52 Å². The topological polar surface area (TPSA) is 68.8 Å². The Morgan fingerprint density at radius 2 is 2.39 bits per heavy atom. The van der Waals surface area contributed by atoms with Gasteiger partial charge in [-0.25, -0.2) is 4.98 Å². The van der Waals surface area contributed by atoms with Crippen LogP contribution in [-0.4, -0.2) is 32.3 Å². The Morgan fingerprint density at radius 1 is 1.50 bits per heavy atom. The lowest BCUT2D eigenvalue weighted by Crippen LogP contribution is -2.34. The predicted molar refractivity (Wildman–Crippen MR) is 65.9 cm³/mol. The first-order valence-electron chi connectivity index (χ1n) is 6.28. The van der Waals surface area contributed by atoms with Crippen LogP contribution in [0.15, 0.2) is 16.9 Å². The molecule has 3 rings (SSSR count). The highest BCUT2D eigenvalue weighted by molar-refractivity contribution is 5.42. The van der Waals surface area contributed by atoms with Gasteiger partial charge in [-0.1, -0.05) is 5.16 Å². The van der Waals surface area contributed by atoms with E-state index in [2.05, 4.69) is 27.4 Å². The summed E-state index contributed by atoms with van der Waals surface area (Å²) in [6, 6.07) is 0.507. The van der Waals surface area contributed by atoms with E-state index < -0.39 is 0 Å². The van der Waals surface area contributed by atoms with E-state index in [1.165, 1.54) is 0 Å². The molecule has 6 heteroatoms. The molecule has 2 atom stereocenters. The number of nitrogens with one attached hydrogen (secondary N) is 1.